The van der Waals surface area contributed by atoms with Gasteiger partial charge in [0, 0.05) is 18.2 Å². The zero-order valence-corrected chi connectivity index (χ0v) is 11.8. The highest BCUT2D eigenvalue weighted by Crippen LogP contribution is 2.35. The van der Waals surface area contributed by atoms with Crippen molar-refractivity contribution >= 4 is 11.2 Å². The molecule has 0 aromatic carbocycles. The number of hydrogen-bond donors (Lipinski definition) is 2. The smallest absolute Gasteiger partial charge is 0.177 e. The van der Waals surface area contributed by atoms with Gasteiger partial charge in [-0.2, -0.15) is 0 Å². The number of hydrogen-bond acceptors (Lipinski definition) is 3. The first-order chi connectivity index (χ1) is 9.25. The number of rotatable bonds is 3. The Morgan fingerprint density at radius 3 is 3.00 bits per heavy atom. The molecule has 2 N–H and O–H groups in total. The molecular weight excluding hydrogens is 236 g/mol. The van der Waals surface area contributed by atoms with Crippen LogP contribution in [0.25, 0.3) is 11.2 Å². The first kappa shape index (κ1) is 12.6. The van der Waals surface area contributed by atoms with Crippen LogP contribution < -0.4 is 5.32 Å². The van der Waals surface area contributed by atoms with E-state index in [9.17, 15) is 0 Å². The number of nitrogens with zero attached hydrogens (tertiary/aromatic N) is 2. The molecule has 3 rings (SSSR count). The van der Waals surface area contributed by atoms with E-state index < -0.39 is 0 Å². The summed E-state index contributed by atoms with van der Waals surface area (Å²) in [7, 11) is 0. The molecule has 1 atom stereocenters. The van der Waals surface area contributed by atoms with Gasteiger partial charge in [0.1, 0.15) is 5.82 Å². The number of pyridine rings is 1. The van der Waals surface area contributed by atoms with Crippen molar-refractivity contribution in [2.75, 3.05) is 13.1 Å². The largest absolute Gasteiger partial charge is 0.340 e. The Balaban J connectivity index is 2.07. The van der Waals surface area contributed by atoms with Crippen LogP contribution in [0.1, 0.15) is 44.0 Å². The maximum atomic E-state index is 4.78. The van der Waals surface area contributed by atoms with E-state index in [0.29, 0.717) is 0 Å². The standard InChI is InChI=1S/C15H22N4/c1-3-6-15(7-4-8-16-10-15)14-18-12-11(2)5-9-17-13(12)19-14/h5,9,16H,3-4,6-8,10H2,1-2H3,(H,17,18,19). The van der Waals surface area contributed by atoms with Crippen LogP contribution >= 0.6 is 0 Å². The topological polar surface area (TPSA) is 53.6 Å². The number of imidazole rings is 1. The van der Waals surface area contributed by atoms with Crippen LogP contribution in [0.5, 0.6) is 0 Å². The Kier molecular flexibility index (Phi) is 3.27. The highest BCUT2D eigenvalue weighted by atomic mass is 15.0. The van der Waals surface area contributed by atoms with Crippen molar-refractivity contribution in [3.05, 3.63) is 23.7 Å². The lowest BCUT2D eigenvalue weighted by Gasteiger charge is -2.35. The molecule has 0 spiro atoms. The lowest BCUT2D eigenvalue weighted by Crippen LogP contribution is -2.44. The third-order valence-corrected chi connectivity index (χ3v) is 4.30. The van der Waals surface area contributed by atoms with Gasteiger partial charge in [0.15, 0.2) is 5.65 Å². The zero-order valence-electron chi connectivity index (χ0n) is 11.8. The van der Waals surface area contributed by atoms with Gasteiger partial charge < -0.3 is 10.3 Å². The summed E-state index contributed by atoms with van der Waals surface area (Å²) in [5.74, 6) is 1.12. The van der Waals surface area contributed by atoms with E-state index in [2.05, 4.69) is 29.1 Å². The van der Waals surface area contributed by atoms with Crippen LogP contribution in [0, 0.1) is 6.92 Å². The average Bonchev–Trinajstić information content (AvgIpc) is 2.86. The number of aromatic nitrogens is 3. The average molecular weight is 258 g/mol. The van der Waals surface area contributed by atoms with E-state index in [-0.39, 0.29) is 5.41 Å². The Labute approximate surface area is 114 Å². The van der Waals surface area contributed by atoms with E-state index in [0.717, 1.165) is 30.1 Å². The van der Waals surface area contributed by atoms with Crippen LogP contribution in [0.4, 0.5) is 0 Å². The second-order valence-corrected chi connectivity index (χ2v) is 5.72. The van der Waals surface area contributed by atoms with Crippen molar-refractivity contribution in [1.29, 1.82) is 0 Å². The van der Waals surface area contributed by atoms with Gasteiger partial charge in [-0.05, 0) is 44.4 Å². The fraction of sp³-hybridized carbons (Fsp3) is 0.600. The molecule has 2 aromatic heterocycles. The molecule has 1 unspecified atom stereocenters. The Morgan fingerprint density at radius 1 is 1.42 bits per heavy atom. The van der Waals surface area contributed by atoms with Crippen molar-refractivity contribution in [1.82, 2.24) is 20.3 Å². The lowest BCUT2D eigenvalue weighted by molar-refractivity contribution is 0.278. The molecule has 0 bridgehead atoms. The fourth-order valence-electron chi connectivity index (χ4n) is 3.27. The molecule has 0 saturated carbocycles. The summed E-state index contributed by atoms with van der Waals surface area (Å²) >= 11 is 0. The SMILES string of the molecule is CCCC1(c2nc3nccc(C)c3[nH]2)CCCNC1. The summed E-state index contributed by atoms with van der Waals surface area (Å²) < 4.78 is 0. The van der Waals surface area contributed by atoms with Crippen molar-refractivity contribution in [3.63, 3.8) is 0 Å². The molecule has 1 saturated heterocycles. The molecule has 1 aliphatic rings. The maximum Gasteiger partial charge on any atom is 0.177 e. The summed E-state index contributed by atoms with van der Waals surface area (Å²) in [5, 5.41) is 3.54. The minimum atomic E-state index is 0.167. The van der Waals surface area contributed by atoms with E-state index >= 15 is 0 Å². The molecule has 2 aromatic rings. The van der Waals surface area contributed by atoms with Crippen LogP contribution in [0.2, 0.25) is 0 Å². The highest BCUT2D eigenvalue weighted by molar-refractivity contribution is 5.74. The molecule has 102 valence electrons. The Bertz CT molecular complexity index is 561. The van der Waals surface area contributed by atoms with Gasteiger partial charge >= 0.3 is 0 Å². The Hall–Kier alpha value is -1.42. The molecule has 0 amide bonds. The molecule has 1 fully saturated rings. The van der Waals surface area contributed by atoms with Gasteiger partial charge in [0.05, 0.1) is 5.52 Å². The number of piperidine rings is 1. The molecule has 0 aliphatic carbocycles. The first-order valence-electron chi connectivity index (χ1n) is 7.28. The van der Waals surface area contributed by atoms with Crippen molar-refractivity contribution in [2.24, 2.45) is 0 Å². The second kappa shape index (κ2) is 4.93. The van der Waals surface area contributed by atoms with E-state index in [1.54, 1.807) is 0 Å². The van der Waals surface area contributed by atoms with Gasteiger partial charge in [0.25, 0.3) is 0 Å². The van der Waals surface area contributed by atoms with Crippen molar-refractivity contribution in [2.45, 2.75) is 44.9 Å². The molecule has 4 nitrogen and oxygen atoms in total. The lowest BCUT2D eigenvalue weighted by atomic mass is 9.76. The van der Waals surface area contributed by atoms with E-state index in [1.807, 2.05) is 12.3 Å². The maximum absolute atomic E-state index is 4.78. The predicted molar refractivity (Wildman–Crippen MR) is 77.3 cm³/mol. The van der Waals surface area contributed by atoms with Crippen molar-refractivity contribution < 1.29 is 0 Å². The summed E-state index contributed by atoms with van der Waals surface area (Å²) in [4.78, 5) is 12.7. The van der Waals surface area contributed by atoms with Gasteiger partial charge in [0.2, 0.25) is 0 Å². The van der Waals surface area contributed by atoms with Gasteiger partial charge in [-0.25, -0.2) is 9.97 Å². The number of H-pyrrole nitrogens is 1. The Morgan fingerprint density at radius 2 is 2.32 bits per heavy atom. The normalized spacial score (nSPS) is 23.9. The molecule has 3 heterocycles. The predicted octanol–water partition coefficient (Wildman–Crippen LogP) is 2.69. The summed E-state index contributed by atoms with van der Waals surface area (Å²) in [6.45, 7) is 6.52. The highest BCUT2D eigenvalue weighted by Gasteiger charge is 2.36. The van der Waals surface area contributed by atoms with Gasteiger partial charge in [-0.15, -0.1) is 0 Å². The van der Waals surface area contributed by atoms with Crippen molar-refractivity contribution in [3.8, 4) is 0 Å². The number of aryl methyl sites for hydroxylation is 1. The van der Waals surface area contributed by atoms with Crippen LogP contribution in [0.3, 0.4) is 0 Å². The first-order valence-corrected chi connectivity index (χ1v) is 7.28. The summed E-state index contributed by atoms with van der Waals surface area (Å²) in [6.07, 6.45) is 6.65. The molecule has 19 heavy (non-hydrogen) atoms. The van der Waals surface area contributed by atoms with Crippen LogP contribution in [-0.2, 0) is 5.41 Å². The second-order valence-electron chi connectivity index (χ2n) is 5.72. The number of nitrogens with one attached hydrogen (secondary N) is 2. The summed E-state index contributed by atoms with van der Waals surface area (Å²) in [5.41, 5.74) is 3.34. The van der Waals surface area contributed by atoms with Crippen LogP contribution in [0.15, 0.2) is 12.3 Å². The number of fused-ring (bicyclic) bond motifs is 1. The third-order valence-electron chi connectivity index (χ3n) is 4.30. The van der Waals surface area contributed by atoms with E-state index in [4.69, 9.17) is 4.98 Å². The van der Waals surface area contributed by atoms with Crippen LogP contribution in [-0.4, -0.2) is 28.0 Å². The third kappa shape index (κ3) is 2.14. The quantitative estimate of drug-likeness (QED) is 0.890. The number of aromatic amines is 1. The van der Waals surface area contributed by atoms with Gasteiger partial charge in [-0.3, -0.25) is 0 Å². The minimum Gasteiger partial charge on any atom is -0.340 e. The van der Waals surface area contributed by atoms with E-state index in [1.165, 1.54) is 31.2 Å². The van der Waals surface area contributed by atoms with Gasteiger partial charge in [-0.1, -0.05) is 13.3 Å². The molecular formula is C15H22N4. The molecule has 4 heteroatoms. The molecule has 1 aliphatic heterocycles. The molecule has 0 radical (unpaired) electrons. The summed E-state index contributed by atoms with van der Waals surface area (Å²) in [6, 6.07) is 2.04. The minimum absolute atomic E-state index is 0.167. The zero-order chi connectivity index (χ0) is 13.3. The monoisotopic (exact) mass is 258 g/mol. The fourth-order valence-corrected chi connectivity index (χ4v) is 3.27.